The summed E-state index contributed by atoms with van der Waals surface area (Å²) in [5, 5.41) is 2.89. The first-order valence-corrected chi connectivity index (χ1v) is 7.89. The van der Waals surface area contributed by atoms with Gasteiger partial charge in [0.05, 0.1) is 12.0 Å². The molecule has 2 rings (SSSR count). The van der Waals surface area contributed by atoms with E-state index in [4.69, 9.17) is 10.5 Å². The Morgan fingerprint density at radius 3 is 2.87 bits per heavy atom. The van der Waals surface area contributed by atoms with Gasteiger partial charge >= 0.3 is 6.03 Å². The molecule has 126 valence electrons. The Morgan fingerprint density at radius 2 is 2.26 bits per heavy atom. The van der Waals surface area contributed by atoms with Crippen LogP contribution in [0.2, 0.25) is 0 Å². The number of nitrogens with zero attached hydrogens (tertiary/aromatic N) is 2. The second-order valence-corrected chi connectivity index (χ2v) is 6.01. The SMILES string of the molecule is CC(C)Oc1ccc(CNC(=O)[C@H]2CCCN(C(N)=O)C2)cn1. The number of carbonyl (C=O) groups excluding carboxylic acids is 2. The maximum atomic E-state index is 12.2. The molecule has 0 unspecified atom stereocenters. The molecule has 0 saturated carbocycles. The molecular weight excluding hydrogens is 296 g/mol. The number of likely N-dealkylation sites (tertiary alicyclic amines) is 1. The van der Waals surface area contributed by atoms with E-state index in [9.17, 15) is 9.59 Å². The smallest absolute Gasteiger partial charge is 0.314 e. The number of pyridine rings is 1. The Balaban J connectivity index is 1.83. The van der Waals surface area contributed by atoms with Crippen LogP contribution in [0.25, 0.3) is 0 Å². The van der Waals surface area contributed by atoms with Crippen LogP contribution in [-0.4, -0.2) is 41.0 Å². The van der Waals surface area contributed by atoms with E-state index in [2.05, 4.69) is 10.3 Å². The average Bonchev–Trinajstić information content (AvgIpc) is 2.53. The van der Waals surface area contributed by atoms with Crippen LogP contribution in [-0.2, 0) is 11.3 Å². The summed E-state index contributed by atoms with van der Waals surface area (Å²) in [6, 6.07) is 3.20. The van der Waals surface area contributed by atoms with Crippen molar-refractivity contribution >= 4 is 11.9 Å². The van der Waals surface area contributed by atoms with Gasteiger partial charge in [-0.15, -0.1) is 0 Å². The van der Waals surface area contributed by atoms with Crippen molar-refractivity contribution in [1.29, 1.82) is 0 Å². The van der Waals surface area contributed by atoms with Crippen LogP contribution in [0.5, 0.6) is 5.88 Å². The molecule has 7 nitrogen and oxygen atoms in total. The molecule has 23 heavy (non-hydrogen) atoms. The fourth-order valence-corrected chi connectivity index (χ4v) is 2.55. The number of aromatic nitrogens is 1. The zero-order valence-corrected chi connectivity index (χ0v) is 13.6. The van der Waals surface area contributed by atoms with Crippen LogP contribution in [0.4, 0.5) is 4.79 Å². The van der Waals surface area contributed by atoms with Crippen molar-refractivity contribution in [3.63, 3.8) is 0 Å². The van der Waals surface area contributed by atoms with Gasteiger partial charge in [0.1, 0.15) is 0 Å². The number of hydrogen-bond acceptors (Lipinski definition) is 4. The Kier molecular flexibility index (Phi) is 5.78. The summed E-state index contributed by atoms with van der Waals surface area (Å²) in [5.41, 5.74) is 6.18. The summed E-state index contributed by atoms with van der Waals surface area (Å²) in [6.45, 7) is 5.30. The van der Waals surface area contributed by atoms with Crippen LogP contribution < -0.4 is 15.8 Å². The molecule has 1 aliphatic heterocycles. The van der Waals surface area contributed by atoms with E-state index in [0.29, 0.717) is 25.5 Å². The molecule has 0 spiro atoms. The Labute approximate surface area is 136 Å². The fourth-order valence-electron chi connectivity index (χ4n) is 2.55. The topological polar surface area (TPSA) is 97.5 Å². The highest BCUT2D eigenvalue weighted by Gasteiger charge is 2.27. The number of nitrogens with one attached hydrogen (secondary N) is 1. The van der Waals surface area contributed by atoms with Crippen LogP contribution >= 0.6 is 0 Å². The predicted molar refractivity (Wildman–Crippen MR) is 85.7 cm³/mol. The highest BCUT2D eigenvalue weighted by molar-refractivity contribution is 5.80. The molecule has 1 aromatic rings. The molecular formula is C16H24N4O3. The highest BCUT2D eigenvalue weighted by Crippen LogP contribution is 2.16. The van der Waals surface area contributed by atoms with Gasteiger partial charge in [0.25, 0.3) is 0 Å². The largest absolute Gasteiger partial charge is 0.475 e. The molecule has 3 amide bonds. The van der Waals surface area contributed by atoms with E-state index >= 15 is 0 Å². The van der Waals surface area contributed by atoms with Gasteiger partial charge in [-0.2, -0.15) is 0 Å². The zero-order chi connectivity index (χ0) is 16.8. The van der Waals surface area contributed by atoms with Gasteiger partial charge in [-0.1, -0.05) is 6.07 Å². The quantitative estimate of drug-likeness (QED) is 0.854. The summed E-state index contributed by atoms with van der Waals surface area (Å²) < 4.78 is 5.48. The third kappa shape index (κ3) is 5.12. The van der Waals surface area contributed by atoms with Gasteiger partial charge in [-0.3, -0.25) is 4.79 Å². The van der Waals surface area contributed by atoms with Gasteiger partial charge in [0.2, 0.25) is 11.8 Å². The van der Waals surface area contributed by atoms with E-state index in [1.165, 1.54) is 4.90 Å². The average molecular weight is 320 g/mol. The minimum Gasteiger partial charge on any atom is -0.475 e. The number of urea groups is 1. The molecule has 1 atom stereocenters. The van der Waals surface area contributed by atoms with Crippen molar-refractivity contribution in [2.75, 3.05) is 13.1 Å². The first-order valence-electron chi connectivity index (χ1n) is 7.89. The Bertz CT molecular complexity index is 545. The summed E-state index contributed by atoms with van der Waals surface area (Å²) in [6.07, 6.45) is 3.33. The predicted octanol–water partition coefficient (Wildman–Crippen LogP) is 1.28. The zero-order valence-electron chi connectivity index (χ0n) is 13.6. The van der Waals surface area contributed by atoms with E-state index in [1.54, 1.807) is 12.3 Å². The van der Waals surface area contributed by atoms with E-state index < -0.39 is 6.03 Å². The molecule has 7 heteroatoms. The molecule has 1 saturated heterocycles. The van der Waals surface area contributed by atoms with Crippen molar-refractivity contribution in [3.8, 4) is 5.88 Å². The molecule has 0 bridgehead atoms. The van der Waals surface area contributed by atoms with Gasteiger partial charge in [-0.05, 0) is 32.3 Å². The monoisotopic (exact) mass is 320 g/mol. The van der Waals surface area contributed by atoms with Crippen LogP contribution in [0, 0.1) is 5.92 Å². The maximum absolute atomic E-state index is 12.2. The van der Waals surface area contributed by atoms with Crippen molar-refractivity contribution in [3.05, 3.63) is 23.9 Å². The number of nitrogens with two attached hydrogens (primary N) is 1. The van der Waals surface area contributed by atoms with Gasteiger partial charge in [-0.25, -0.2) is 9.78 Å². The first-order chi connectivity index (χ1) is 11.0. The number of hydrogen-bond donors (Lipinski definition) is 2. The Morgan fingerprint density at radius 1 is 1.48 bits per heavy atom. The molecule has 1 aromatic heterocycles. The number of rotatable bonds is 5. The lowest BCUT2D eigenvalue weighted by Crippen LogP contribution is -2.47. The van der Waals surface area contributed by atoms with Gasteiger partial charge < -0.3 is 20.7 Å². The highest BCUT2D eigenvalue weighted by atomic mass is 16.5. The van der Waals surface area contributed by atoms with Crippen LogP contribution in [0.15, 0.2) is 18.3 Å². The summed E-state index contributed by atoms with van der Waals surface area (Å²) in [4.78, 5) is 29.1. The number of piperidine rings is 1. The van der Waals surface area contributed by atoms with Gasteiger partial charge in [0, 0.05) is 31.9 Å². The number of carbonyl (C=O) groups is 2. The minimum atomic E-state index is -0.465. The molecule has 1 aliphatic rings. The van der Waals surface area contributed by atoms with Crippen LogP contribution in [0.1, 0.15) is 32.3 Å². The number of ether oxygens (including phenoxy) is 1. The number of primary amides is 1. The molecule has 0 aliphatic carbocycles. The third-order valence-corrected chi connectivity index (χ3v) is 3.72. The first kappa shape index (κ1) is 17.1. The normalized spacial score (nSPS) is 17.9. The van der Waals surface area contributed by atoms with Gasteiger partial charge in [0.15, 0.2) is 0 Å². The lowest BCUT2D eigenvalue weighted by Gasteiger charge is -2.30. The van der Waals surface area contributed by atoms with E-state index in [0.717, 1.165) is 18.4 Å². The lowest BCUT2D eigenvalue weighted by atomic mass is 9.97. The summed E-state index contributed by atoms with van der Waals surface area (Å²) >= 11 is 0. The molecule has 0 radical (unpaired) electrons. The number of amides is 3. The Hall–Kier alpha value is -2.31. The van der Waals surface area contributed by atoms with Crippen molar-refractivity contribution in [1.82, 2.24) is 15.2 Å². The summed E-state index contributed by atoms with van der Waals surface area (Å²) in [5.74, 6) is 0.311. The van der Waals surface area contributed by atoms with Crippen LogP contribution in [0.3, 0.4) is 0 Å². The summed E-state index contributed by atoms with van der Waals surface area (Å²) in [7, 11) is 0. The molecule has 3 N–H and O–H groups in total. The van der Waals surface area contributed by atoms with E-state index in [1.807, 2.05) is 19.9 Å². The molecule has 1 fully saturated rings. The standard InChI is InChI=1S/C16H24N4O3/c1-11(2)23-14-6-5-12(8-18-14)9-19-15(21)13-4-3-7-20(10-13)16(17)22/h5-6,8,11,13H,3-4,7,9-10H2,1-2H3,(H2,17,22)(H,19,21)/t13-/m0/s1. The fraction of sp³-hybridized carbons (Fsp3) is 0.562. The third-order valence-electron chi connectivity index (χ3n) is 3.72. The minimum absolute atomic E-state index is 0.0570. The second kappa shape index (κ2) is 7.80. The maximum Gasteiger partial charge on any atom is 0.314 e. The molecule has 2 heterocycles. The lowest BCUT2D eigenvalue weighted by molar-refractivity contribution is -0.126. The molecule has 0 aromatic carbocycles. The van der Waals surface area contributed by atoms with Crippen molar-refractivity contribution in [2.45, 2.75) is 39.3 Å². The van der Waals surface area contributed by atoms with Crippen molar-refractivity contribution in [2.24, 2.45) is 11.7 Å². The second-order valence-electron chi connectivity index (χ2n) is 6.01. The van der Waals surface area contributed by atoms with E-state index in [-0.39, 0.29) is 17.9 Å². The van der Waals surface area contributed by atoms with Crippen molar-refractivity contribution < 1.29 is 14.3 Å².